The summed E-state index contributed by atoms with van der Waals surface area (Å²) in [5, 5.41) is 4.17. The fraction of sp³-hybridized carbons (Fsp3) is 0.440. The van der Waals surface area contributed by atoms with E-state index < -0.39 is 28.5 Å². The molecular weight excluding hydrogens is 580 g/mol. The monoisotopic (exact) mass is 607 g/mol. The molecule has 1 unspecified atom stereocenters. The lowest BCUT2D eigenvalue weighted by Crippen LogP contribution is -2.53. The standard InChI is InChI=1S/C25H29Cl4N3O4S/c1-3-22(25(34)30-19-6-4-5-7-19)31(14-16-8-9-17(26)12-21(16)29)24(33)15-32(37(2,35)36)23-13-18(27)10-11-20(23)28/h8-13,19,22H,3-7,14-15H2,1-2H3,(H,30,34). The Kier molecular flexibility index (Phi) is 10.4. The molecule has 1 aliphatic rings. The molecule has 3 rings (SSSR count). The van der Waals surface area contributed by atoms with Crippen molar-refractivity contribution in [3.8, 4) is 0 Å². The maximum atomic E-state index is 13.8. The van der Waals surface area contributed by atoms with Gasteiger partial charge in [0.15, 0.2) is 0 Å². The van der Waals surface area contributed by atoms with Crippen molar-refractivity contribution >= 4 is 73.9 Å². The minimum Gasteiger partial charge on any atom is -0.352 e. The number of rotatable bonds is 10. The van der Waals surface area contributed by atoms with E-state index in [2.05, 4.69) is 5.32 Å². The number of carbonyl (C=O) groups excluding carboxylic acids is 2. The van der Waals surface area contributed by atoms with Gasteiger partial charge in [-0.3, -0.25) is 13.9 Å². The smallest absolute Gasteiger partial charge is 0.244 e. The third-order valence-corrected chi connectivity index (χ3v) is 8.57. The molecule has 2 amide bonds. The first-order valence-electron chi connectivity index (χ1n) is 11.9. The van der Waals surface area contributed by atoms with Crippen LogP contribution in [0.2, 0.25) is 20.1 Å². The molecule has 37 heavy (non-hydrogen) atoms. The molecule has 0 aromatic heterocycles. The number of sulfonamides is 1. The number of benzene rings is 2. The summed E-state index contributed by atoms with van der Waals surface area (Å²) in [5.74, 6) is -0.888. The molecule has 1 saturated carbocycles. The lowest BCUT2D eigenvalue weighted by Gasteiger charge is -2.33. The first kappa shape index (κ1) is 29.8. The summed E-state index contributed by atoms with van der Waals surface area (Å²) in [6, 6.07) is 8.42. The Morgan fingerprint density at radius 2 is 1.62 bits per heavy atom. The zero-order valence-electron chi connectivity index (χ0n) is 20.5. The Bertz CT molecular complexity index is 1250. The molecule has 202 valence electrons. The molecule has 2 aromatic rings. The maximum absolute atomic E-state index is 13.8. The topological polar surface area (TPSA) is 86.8 Å². The predicted octanol–water partition coefficient (Wildman–Crippen LogP) is 5.93. The van der Waals surface area contributed by atoms with Gasteiger partial charge in [-0.25, -0.2) is 8.42 Å². The average molecular weight is 609 g/mol. The molecule has 0 radical (unpaired) electrons. The Morgan fingerprint density at radius 3 is 2.22 bits per heavy atom. The fourth-order valence-electron chi connectivity index (χ4n) is 4.39. The third-order valence-electron chi connectivity index (χ3n) is 6.30. The number of carbonyl (C=O) groups is 2. The van der Waals surface area contributed by atoms with E-state index in [0.717, 1.165) is 36.2 Å². The Balaban J connectivity index is 1.98. The first-order valence-corrected chi connectivity index (χ1v) is 15.2. The largest absolute Gasteiger partial charge is 0.352 e. The summed E-state index contributed by atoms with van der Waals surface area (Å²) < 4.78 is 26.4. The molecule has 0 saturated heterocycles. The van der Waals surface area contributed by atoms with Crippen molar-refractivity contribution in [1.82, 2.24) is 10.2 Å². The highest BCUT2D eigenvalue weighted by Gasteiger charge is 2.33. The van der Waals surface area contributed by atoms with Gasteiger partial charge in [-0.2, -0.15) is 0 Å². The van der Waals surface area contributed by atoms with Gasteiger partial charge < -0.3 is 10.2 Å². The first-order chi connectivity index (χ1) is 17.4. The van der Waals surface area contributed by atoms with Gasteiger partial charge in [0.2, 0.25) is 21.8 Å². The normalized spacial score (nSPS) is 14.9. The number of amides is 2. The number of anilines is 1. The quantitative estimate of drug-likeness (QED) is 0.362. The summed E-state index contributed by atoms with van der Waals surface area (Å²) in [7, 11) is -3.95. The van der Waals surface area contributed by atoms with Crippen LogP contribution in [0.5, 0.6) is 0 Å². The molecule has 1 atom stereocenters. The van der Waals surface area contributed by atoms with Crippen molar-refractivity contribution < 1.29 is 18.0 Å². The van der Waals surface area contributed by atoms with Gasteiger partial charge in [-0.1, -0.05) is 72.2 Å². The Morgan fingerprint density at radius 1 is 1.00 bits per heavy atom. The third kappa shape index (κ3) is 7.90. The van der Waals surface area contributed by atoms with Crippen molar-refractivity contribution in [2.24, 2.45) is 0 Å². The van der Waals surface area contributed by atoms with Crippen LogP contribution in [0.1, 0.15) is 44.6 Å². The molecule has 0 heterocycles. The van der Waals surface area contributed by atoms with Crippen molar-refractivity contribution in [3.63, 3.8) is 0 Å². The maximum Gasteiger partial charge on any atom is 0.244 e. The van der Waals surface area contributed by atoms with Crippen LogP contribution < -0.4 is 9.62 Å². The zero-order chi connectivity index (χ0) is 27.3. The molecule has 0 aliphatic heterocycles. The van der Waals surface area contributed by atoms with Crippen LogP contribution in [0.15, 0.2) is 36.4 Å². The van der Waals surface area contributed by atoms with Crippen LogP contribution in [0, 0.1) is 0 Å². The number of nitrogens with one attached hydrogen (secondary N) is 1. The van der Waals surface area contributed by atoms with E-state index in [9.17, 15) is 18.0 Å². The molecule has 2 aromatic carbocycles. The van der Waals surface area contributed by atoms with Gasteiger partial charge in [0.1, 0.15) is 12.6 Å². The Labute approximate surface area is 238 Å². The summed E-state index contributed by atoms with van der Waals surface area (Å²) in [5.41, 5.74) is 0.635. The van der Waals surface area contributed by atoms with Crippen molar-refractivity contribution in [3.05, 3.63) is 62.1 Å². The van der Waals surface area contributed by atoms with Crippen molar-refractivity contribution in [1.29, 1.82) is 0 Å². The summed E-state index contributed by atoms with van der Waals surface area (Å²) >= 11 is 24.8. The van der Waals surface area contributed by atoms with Gasteiger partial charge in [0.05, 0.1) is 17.0 Å². The van der Waals surface area contributed by atoms with Crippen LogP contribution in [-0.4, -0.2) is 50.0 Å². The van der Waals surface area contributed by atoms with Gasteiger partial charge in [0, 0.05) is 27.7 Å². The summed E-state index contributed by atoms with van der Waals surface area (Å²) in [4.78, 5) is 28.5. The molecule has 1 fully saturated rings. The number of nitrogens with zero attached hydrogens (tertiary/aromatic N) is 2. The van der Waals surface area contributed by atoms with E-state index in [1.165, 1.54) is 23.1 Å². The fourth-order valence-corrected chi connectivity index (χ4v) is 6.15. The van der Waals surface area contributed by atoms with E-state index in [1.54, 1.807) is 25.1 Å². The van der Waals surface area contributed by atoms with Crippen LogP contribution in [0.4, 0.5) is 5.69 Å². The van der Waals surface area contributed by atoms with Crippen LogP contribution >= 0.6 is 46.4 Å². The van der Waals surface area contributed by atoms with Crippen molar-refractivity contribution in [2.45, 2.75) is 57.7 Å². The van der Waals surface area contributed by atoms with Gasteiger partial charge in [-0.15, -0.1) is 0 Å². The van der Waals surface area contributed by atoms with Crippen LogP contribution in [0.3, 0.4) is 0 Å². The second-order valence-electron chi connectivity index (χ2n) is 9.04. The highest BCUT2D eigenvalue weighted by Crippen LogP contribution is 2.31. The molecule has 1 aliphatic carbocycles. The Hall–Kier alpha value is -1.71. The average Bonchev–Trinajstić information content (AvgIpc) is 3.32. The number of hydrogen-bond acceptors (Lipinski definition) is 4. The SMILES string of the molecule is CCC(C(=O)NC1CCCC1)N(Cc1ccc(Cl)cc1Cl)C(=O)CN(c1cc(Cl)ccc1Cl)S(C)(=O)=O. The molecule has 0 bridgehead atoms. The van der Waals surface area contributed by atoms with Crippen LogP contribution in [-0.2, 0) is 26.2 Å². The molecule has 0 spiro atoms. The second kappa shape index (κ2) is 12.9. The van der Waals surface area contributed by atoms with E-state index in [4.69, 9.17) is 46.4 Å². The minimum atomic E-state index is -3.95. The number of hydrogen-bond donors (Lipinski definition) is 1. The zero-order valence-corrected chi connectivity index (χ0v) is 24.4. The summed E-state index contributed by atoms with van der Waals surface area (Å²) in [6.45, 7) is 1.19. The van der Waals surface area contributed by atoms with E-state index >= 15 is 0 Å². The predicted molar refractivity (Wildman–Crippen MR) is 150 cm³/mol. The van der Waals surface area contributed by atoms with Crippen LogP contribution in [0.25, 0.3) is 0 Å². The second-order valence-corrected chi connectivity index (χ2v) is 12.6. The van der Waals surface area contributed by atoms with Gasteiger partial charge in [-0.05, 0) is 55.2 Å². The molecule has 1 N–H and O–H groups in total. The highest BCUT2D eigenvalue weighted by molar-refractivity contribution is 7.92. The van der Waals surface area contributed by atoms with E-state index in [0.29, 0.717) is 22.0 Å². The number of halogens is 4. The minimum absolute atomic E-state index is 0.0215. The highest BCUT2D eigenvalue weighted by atomic mass is 35.5. The van der Waals surface area contributed by atoms with E-state index in [-0.39, 0.29) is 34.2 Å². The van der Waals surface area contributed by atoms with Gasteiger partial charge in [0.25, 0.3) is 0 Å². The lowest BCUT2D eigenvalue weighted by molar-refractivity contribution is -0.140. The lowest BCUT2D eigenvalue weighted by atomic mass is 10.1. The van der Waals surface area contributed by atoms with Crippen molar-refractivity contribution in [2.75, 3.05) is 17.1 Å². The van der Waals surface area contributed by atoms with E-state index in [1.807, 2.05) is 0 Å². The van der Waals surface area contributed by atoms with Gasteiger partial charge >= 0.3 is 0 Å². The summed E-state index contributed by atoms with van der Waals surface area (Å²) in [6.07, 6.45) is 5.12. The molecular formula is C25H29Cl4N3O4S. The molecule has 12 heteroatoms. The molecule has 7 nitrogen and oxygen atoms in total.